The maximum Gasteiger partial charge on any atom is 0.358 e. The molecule has 0 aromatic carbocycles. The van der Waals surface area contributed by atoms with Crippen LogP contribution in [-0.4, -0.2) is 42.5 Å². The van der Waals surface area contributed by atoms with Crippen LogP contribution < -0.4 is 4.90 Å². The molecule has 1 aliphatic heterocycles. The molecule has 1 aromatic heterocycles. The molecule has 1 aromatic rings. The molecule has 1 saturated heterocycles. The highest BCUT2D eigenvalue weighted by Crippen LogP contribution is 2.16. The maximum absolute atomic E-state index is 10.5. The molecule has 2 heterocycles. The lowest BCUT2D eigenvalue weighted by molar-refractivity contribution is 0.0685. The predicted octanol–water partition coefficient (Wildman–Crippen LogP) is 0.209. The van der Waals surface area contributed by atoms with E-state index in [0.29, 0.717) is 32.2 Å². The van der Waals surface area contributed by atoms with Crippen molar-refractivity contribution in [3.05, 3.63) is 11.8 Å². The van der Waals surface area contributed by atoms with E-state index in [9.17, 15) is 4.79 Å². The summed E-state index contributed by atoms with van der Waals surface area (Å²) in [6.45, 7) is 2.66. The number of carbonyl (C=O) groups is 1. The average Bonchev–Trinajstić information content (AvgIpc) is 2.68. The number of aromatic nitrogens is 1. The Balaban J connectivity index is 2.11. The molecule has 2 rings (SSSR count). The molecule has 0 unspecified atom stereocenters. The first-order valence-electron chi connectivity index (χ1n) is 4.30. The number of hydrogen-bond donors (Lipinski definition) is 1. The van der Waals surface area contributed by atoms with Crippen LogP contribution in [-0.2, 0) is 4.74 Å². The van der Waals surface area contributed by atoms with Gasteiger partial charge in [0.05, 0.1) is 13.2 Å². The molecule has 0 bridgehead atoms. The summed E-state index contributed by atoms with van der Waals surface area (Å²) in [5, 5.41) is 12.1. The van der Waals surface area contributed by atoms with Crippen molar-refractivity contribution in [2.24, 2.45) is 0 Å². The van der Waals surface area contributed by atoms with E-state index < -0.39 is 5.97 Å². The summed E-state index contributed by atoms with van der Waals surface area (Å²) in [5.41, 5.74) is -0.0634. The number of rotatable bonds is 2. The number of carboxylic acid groups (broad SMARTS) is 1. The van der Waals surface area contributed by atoms with E-state index in [-0.39, 0.29) is 5.69 Å². The van der Waals surface area contributed by atoms with E-state index in [1.54, 1.807) is 0 Å². The molecular formula is C8H10N2O4. The van der Waals surface area contributed by atoms with Crippen LogP contribution in [0.1, 0.15) is 10.5 Å². The standard InChI is InChI=1S/C8H10N2O4/c11-8(12)6-5-7(14-9-6)10-1-3-13-4-2-10/h5H,1-4H2,(H,11,12). The number of nitrogens with zero attached hydrogens (tertiary/aromatic N) is 2. The summed E-state index contributed by atoms with van der Waals surface area (Å²) in [4.78, 5) is 12.4. The number of morpholine rings is 1. The van der Waals surface area contributed by atoms with Gasteiger partial charge in [0.1, 0.15) is 0 Å². The molecule has 6 nitrogen and oxygen atoms in total. The van der Waals surface area contributed by atoms with E-state index in [2.05, 4.69) is 5.16 Å². The van der Waals surface area contributed by atoms with Gasteiger partial charge in [0.2, 0.25) is 5.88 Å². The molecule has 0 amide bonds. The minimum absolute atomic E-state index is 0.0634. The lowest BCUT2D eigenvalue weighted by atomic mass is 10.4. The van der Waals surface area contributed by atoms with E-state index in [1.165, 1.54) is 6.07 Å². The molecule has 1 aliphatic rings. The molecule has 0 aliphatic carbocycles. The third-order valence-electron chi connectivity index (χ3n) is 2.04. The molecule has 1 fully saturated rings. The molecule has 0 saturated carbocycles. The fraction of sp³-hybridized carbons (Fsp3) is 0.500. The number of hydrogen-bond acceptors (Lipinski definition) is 5. The van der Waals surface area contributed by atoms with Gasteiger partial charge in [-0.05, 0) is 0 Å². The lowest BCUT2D eigenvalue weighted by Gasteiger charge is -2.25. The first kappa shape index (κ1) is 9.01. The Morgan fingerprint density at radius 2 is 2.21 bits per heavy atom. The third-order valence-corrected chi connectivity index (χ3v) is 2.04. The Hall–Kier alpha value is -1.56. The van der Waals surface area contributed by atoms with Crippen molar-refractivity contribution < 1.29 is 19.2 Å². The maximum atomic E-state index is 10.5. The largest absolute Gasteiger partial charge is 0.476 e. The van der Waals surface area contributed by atoms with E-state index in [1.807, 2.05) is 4.90 Å². The van der Waals surface area contributed by atoms with Gasteiger partial charge in [0.15, 0.2) is 5.69 Å². The summed E-state index contributed by atoms with van der Waals surface area (Å²) in [5.74, 6) is -0.584. The average molecular weight is 198 g/mol. The molecule has 0 spiro atoms. The second-order valence-electron chi connectivity index (χ2n) is 2.95. The fourth-order valence-electron chi connectivity index (χ4n) is 1.30. The lowest BCUT2D eigenvalue weighted by Crippen LogP contribution is -2.35. The van der Waals surface area contributed by atoms with Gasteiger partial charge in [-0.3, -0.25) is 0 Å². The van der Waals surface area contributed by atoms with Gasteiger partial charge >= 0.3 is 5.97 Å². The van der Waals surface area contributed by atoms with Crippen molar-refractivity contribution in [1.29, 1.82) is 0 Å². The molecule has 14 heavy (non-hydrogen) atoms. The van der Waals surface area contributed by atoms with E-state index >= 15 is 0 Å². The van der Waals surface area contributed by atoms with E-state index in [4.69, 9.17) is 14.4 Å². The topological polar surface area (TPSA) is 75.8 Å². The summed E-state index contributed by atoms with van der Waals surface area (Å²) < 4.78 is 10.1. The zero-order valence-corrected chi connectivity index (χ0v) is 7.47. The molecule has 0 radical (unpaired) electrons. The van der Waals surface area contributed by atoms with Crippen LogP contribution in [0.2, 0.25) is 0 Å². The Morgan fingerprint density at radius 1 is 1.50 bits per heavy atom. The van der Waals surface area contributed by atoms with Crippen molar-refractivity contribution in [3.8, 4) is 0 Å². The van der Waals surface area contributed by atoms with Crippen LogP contribution in [0, 0.1) is 0 Å². The van der Waals surface area contributed by atoms with Crippen LogP contribution in [0.5, 0.6) is 0 Å². The summed E-state index contributed by atoms with van der Waals surface area (Å²) >= 11 is 0. The van der Waals surface area contributed by atoms with Gasteiger partial charge < -0.3 is 19.3 Å². The van der Waals surface area contributed by atoms with Crippen LogP contribution in [0.15, 0.2) is 10.6 Å². The molecule has 6 heteroatoms. The molecule has 0 atom stereocenters. The Morgan fingerprint density at radius 3 is 2.79 bits per heavy atom. The number of anilines is 1. The van der Waals surface area contributed by atoms with Crippen LogP contribution in [0.25, 0.3) is 0 Å². The van der Waals surface area contributed by atoms with Crippen molar-refractivity contribution >= 4 is 11.9 Å². The van der Waals surface area contributed by atoms with Gasteiger partial charge in [-0.15, -0.1) is 0 Å². The number of aromatic carboxylic acids is 1. The Bertz CT molecular complexity index is 330. The first-order chi connectivity index (χ1) is 6.77. The van der Waals surface area contributed by atoms with Crippen LogP contribution in [0.3, 0.4) is 0 Å². The van der Waals surface area contributed by atoms with Gasteiger partial charge in [0.25, 0.3) is 0 Å². The van der Waals surface area contributed by atoms with Crippen LogP contribution >= 0.6 is 0 Å². The quantitative estimate of drug-likeness (QED) is 0.732. The van der Waals surface area contributed by atoms with Gasteiger partial charge in [-0.1, -0.05) is 5.16 Å². The number of carboxylic acids is 1. The zero-order valence-electron chi connectivity index (χ0n) is 7.47. The van der Waals surface area contributed by atoms with Gasteiger partial charge in [-0.2, -0.15) is 0 Å². The summed E-state index contributed by atoms with van der Waals surface area (Å²) in [7, 11) is 0. The highest BCUT2D eigenvalue weighted by atomic mass is 16.5. The van der Waals surface area contributed by atoms with Crippen molar-refractivity contribution in [1.82, 2.24) is 5.16 Å². The highest BCUT2D eigenvalue weighted by molar-refractivity contribution is 5.85. The van der Waals surface area contributed by atoms with Crippen molar-refractivity contribution in [2.45, 2.75) is 0 Å². The molecular weight excluding hydrogens is 188 g/mol. The molecule has 76 valence electrons. The monoisotopic (exact) mass is 198 g/mol. The number of ether oxygens (including phenoxy) is 1. The first-order valence-corrected chi connectivity index (χ1v) is 4.30. The Kier molecular flexibility index (Phi) is 2.36. The molecule has 1 N–H and O–H groups in total. The van der Waals surface area contributed by atoms with Crippen molar-refractivity contribution in [3.63, 3.8) is 0 Å². The highest BCUT2D eigenvalue weighted by Gasteiger charge is 2.18. The Labute approximate surface area is 80.0 Å². The minimum Gasteiger partial charge on any atom is -0.476 e. The normalized spacial score (nSPS) is 17.0. The summed E-state index contributed by atoms with van der Waals surface area (Å²) in [6, 6.07) is 1.42. The fourth-order valence-corrected chi connectivity index (χ4v) is 1.30. The third kappa shape index (κ3) is 1.69. The zero-order chi connectivity index (χ0) is 9.97. The second kappa shape index (κ2) is 3.67. The van der Waals surface area contributed by atoms with Crippen LogP contribution in [0.4, 0.5) is 5.88 Å². The predicted molar refractivity (Wildman–Crippen MR) is 46.5 cm³/mol. The van der Waals surface area contributed by atoms with E-state index in [0.717, 1.165) is 0 Å². The SMILES string of the molecule is O=C(O)c1cc(N2CCOCC2)on1. The smallest absolute Gasteiger partial charge is 0.358 e. The summed E-state index contributed by atoms with van der Waals surface area (Å²) in [6.07, 6.45) is 0. The van der Waals surface area contributed by atoms with Gasteiger partial charge in [0, 0.05) is 19.2 Å². The van der Waals surface area contributed by atoms with Crippen molar-refractivity contribution in [2.75, 3.05) is 31.2 Å². The second-order valence-corrected chi connectivity index (χ2v) is 2.95. The minimum atomic E-state index is -1.08. The van der Waals surface area contributed by atoms with Gasteiger partial charge in [-0.25, -0.2) is 4.79 Å².